The van der Waals surface area contributed by atoms with Gasteiger partial charge in [-0.1, -0.05) is 97.1 Å². The molecule has 2 aromatic heterocycles. The lowest BCUT2D eigenvalue weighted by Crippen LogP contribution is -2.61. The Bertz CT molecular complexity index is 3760. The molecule has 18 N–H and O–H groups in total. The normalized spacial score (nSPS) is 25.9. The topological polar surface area (TPSA) is 450 Å². The van der Waals surface area contributed by atoms with Crippen molar-refractivity contribution >= 4 is 116 Å². The Kier molecular flexibility index (Phi) is 25.6. The van der Waals surface area contributed by atoms with Crippen LogP contribution in [0, 0.1) is 11.8 Å². The van der Waals surface area contributed by atoms with Crippen molar-refractivity contribution in [2.24, 2.45) is 44.8 Å². The monoisotopic (exact) mass is 1420 g/mol. The van der Waals surface area contributed by atoms with E-state index in [-0.39, 0.29) is 119 Å². The first-order valence-electron chi connectivity index (χ1n) is 33.9. The highest BCUT2D eigenvalue weighted by Gasteiger charge is 2.46. The van der Waals surface area contributed by atoms with E-state index in [1.165, 1.54) is 16.7 Å². The predicted molar refractivity (Wildman–Crippen MR) is 384 cm³/mol. The third kappa shape index (κ3) is 19.8. The number of benzene rings is 4. The number of rotatable bonds is 16. The summed E-state index contributed by atoms with van der Waals surface area (Å²) in [6.45, 7) is -0.658. The molecule has 0 unspecified atom stereocenters. The van der Waals surface area contributed by atoms with Gasteiger partial charge in [-0.15, -0.1) is 11.8 Å². The number of para-hydroxylation sites is 2. The van der Waals surface area contributed by atoms with Crippen LogP contribution in [-0.2, 0) is 73.6 Å². The Morgan fingerprint density at radius 3 is 1.45 bits per heavy atom. The molecule has 28 nitrogen and oxygen atoms in total. The molecule has 0 spiro atoms. The number of carbonyl (C=O) groups is 10. The quantitative estimate of drug-likeness (QED) is 0.0356. The minimum atomic E-state index is -1.50. The van der Waals surface area contributed by atoms with E-state index in [4.69, 9.17) is 22.9 Å². The number of nitrogens with zero attached hydrogens (tertiary/aromatic N) is 4. The summed E-state index contributed by atoms with van der Waals surface area (Å²) >= 11 is 2.37. The van der Waals surface area contributed by atoms with Gasteiger partial charge in [0.2, 0.25) is 47.3 Å². The molecule has 8 amide bonds. The number of aromatic amines is 2. The Balaban J connectivity index is 1.09. The molecule has 0 aliphatic carbocycles. The van der Waals surface area contributed by atoms with Gasteiger partial charge in [-0.3, -0.25) is 57.9 Å². The molecule has 4 aromatic carbocycles. The molecule has 30 heteroatoms. The van der Waals surface area contributed by atoms with Gasteiger partial charge < -0.3 is 84.8 Å². The lowest BCUT2D eigenvalue weighted by molar-refractivity contribution is -0.143. The molecular weight excluding hydrogens is 1330 g/mol. The number of amides is 8. The van der Waals surface area contributed by atoms with Crippen molar-refractivity contribution in [2.45, 2.75) is 138 Å². The highest BCUT2D eigenvalue weighted by molar-refractivity contribution is 8.16. The molecule has 6 heterocycles. The van der Waals surface area contributed by atoms with Crippen molar-refractivity contribution in [1.82, 2.24) is 51.7 Å². The number of hydrogen-bond donors (Lipinski definition) is 14. The number of fused-ring (bicyclic) bond motifs is 10. The zero-order valence-electron chi connectivity index (χ0n) is 55.8. The molecule has 10 rings (SSSR count). The van der Waals surface area contributed by atoms with E-state index in [2.05, 4.69) is 51.9 Å². The number of carbonyl (C=O) groups excluding carboxylic acids is 10. The van der Waals surface area contributed by atoms with Gasteiger partial charge in [-0.05, 0) is 66.5 Å². The van der Waals surface area contributed by atoms with Crippen LogP contribution in [0.3, 0.4) is 0 Å². The number of Topliss-reactive ketones (excluding diaryl/α,β-unsaturated/α-hetero) is 2. The molecule has 2 bridgehead atoms. The smallest absolute Gasteiger partial charge is 0.246 e. The second kappa shape index (κ2) is 35.0. The molecule has 4 aliphatic rings. The Morgan fingerprint density at radius 2 is 0.901 bits per heavy atom. The van der Waals surface area contributed by atoms with E-state index >= 15 is 47.9 Å². The maximum Gasteiger partial charge on any atom is 0.246 e. The van der Waals surface area contributed by atoms with E-state index in [0.717, 1.165) is 27.6 Å². The van der Waals surface area contributed by atoms with Gasteiger partial charge >= 0.3 is 0 Å². The van der Waals surface area contributed by atoms with Crippen molar-refractivity contribution in [1.29, 1.82) is 0 Å². The molecule has 101 heavy (non-hydrogen) atoms. The third-order valence-corrected chi connectivity index (χ3v) is 21.3. The minimum Gasteiger partial charge on any atom is -0.391 e. The largest absolute Gasteiger partial charge is 0.391 e. The van der Waals surface area contributed by atoms with E-state index < -0.39 is 144 Å². The number of nitrogens with two attached hydrogens (primary N) is 4. The maximum absolute atomic E-state index is 15.7. The van der Waals surface area contributed by atoms with Crippen molar-refractivity contribution < 1.29 is 58.2 Å². The van der Waals surface area contributed by atoms with Crippen molar-refractivity contribution in [3.63, 3.8) is 0 Å². The number of aromatic nitrogens is 2. The Morgan fingerprint density at radius 1 is 0.465 bits per heavy atom. The van der Waals surface area contributed by atoms with Crippen LogP contribution in [0.5, 0.6) is 0 Å². The average Bonchev–Trinajstić information content (AvgIpc) is 1.70. The fourth-order valence-corrected chi connectivity index (χ4v) is 15.8. The van der Waals surface area contributed by atoms with Crippen LogP contribution in [0.15, 0.2) is 132 Å². The van der Waals surface area contributed by atoms with Crippen molar-refractivity contribution in [3.8, 4) is 0 Å². The SMILES string of the molecule is NC(N)=NCCC[C@@H]1NC(=O)[C@@H](Cc2ccccc2)NC(=O)[C@@H]2C[C@@H](O)CN2C(=O)[C@@H]2CSCSC[C@H](CC(=O)[C@H](Cc3c[nH]c4ccccc34)CC1=O)C(=O)N1C[C@H](O)C[C@H]1C(=O)N[C@H](Cc1ccccc1)C(=O)N[C@@H](CCCN=C(N)N)C(=O)N[C@@H](Cc1c[nH]c3ccccc13)C(=O)N2. The van der Waals surface area contributed by atoms with E-state index in [1.807, 2.05) is 42.5 Å². The summed E-state index contributed by atoms with van der Waals surface area (Å²) in [5.41, 5.74) is 26.7. The first-order chi connectivity index (χ1) is 48.7. The molecule has 6 aromatic rings. The van der Waals surface area contributed by atoms with Crippen LogP contribution < -0.4 is 54.8 Å². The zero-order chi connectivity index (χ0) is 71.7. The number of nitrogens with one attached hydrogen (secondary N) is 8. The van der Waals surface area contributed by atoms with Crippen LogP contribution in [-0.4, -0.2) is 204 Å². The second-order valence-corrected chi connectivity index (χ2v) is 28.6. The molecular formula is C71H88N16O12S2. The van der Waals surface area contributed by atoms with Gasteiger partial charge in [-0.2, -0.15) is 11.8 Å². The molecule has 0 saturated carbocycles. The first-order valence-corrected chi connectivity index (χ1v) is 36.3. The number of hydrogen-bond acceptors (Lipinski definition) is 16. The van der Waals surface area contributed by atoms with Crippen LogP contribution in [0.4, 0.5) is 0 Å². The number of aliphatic hydroxyl groups is 2. The summed E-state index contributed by atoms with van der Waals surface area (Å²) in [5.74, 6) is -10.7. The van der Waals surface area contributed by atoms with Gasteiger partial charge in [0, 0.05) is 128 Å². The zero-order valence-corrected chi connectivity index (χ0v) is 57.4. The molecule has 4 saturated heterocycles. The van der Waals surface area contributed by atoms with Gasteiger partial charge in [0.25, 0.3) is 0 Å². The van der Waals surface area contributed by atoms with Crippen LogP contribution in [0.1, 0.15) is 73.6 Å². The summed E-state index contributed by atoms with van der Waals surface area (Å²) in [4.78, 5) is 170. The highest BCUT2D eigenvalue weighted by atomic mass is 32.2. The van der Waals surface area contributed by atoms with E-state index in [1.54, 1.807) is 79.1 Å². The summed E-state index contributed by atoms with van der Waals surface area (Å²) in [6, 6.07) is 20.7. The summed E-state index contributed by atoms with van der Waals surface area (Å²) in [7, 11) is 0. The van der Waals surface area contributed by atoms with Crippen molar-refractivity contribution in [3.05, 3.63) is 144 Å². The standard InChI is InChI=1S/C71H88N16O12S2/c72-70(73)76-23-11-21-52-61(91)29-42(27-43-33-78-50-19-9-7-17-48(43)50)60(90)30-45-37-100-39-101-38-57(69(99)87-36-47(89)32-59(87)67(97)83-54(63(93)80-52)25-40-13-3-1-4-14-40)85-65(95)56(28-44-34-79-51-20-10-8-18-49(44)51)82-62(92)53(22-12-24-77-71(74)75)81-64(94)55(26-41-15-5-2-6-16-41)84-66(96)58-31-46(88)35-86(58)68(45)98/h1-10,13-20,33-34,42,45-47,52-59,78-79,88-89H,11-12,21-32,35-39H2,(H,80,93)(H,81,94)(H,82,92)(H,83,97)(H,84,96)(H,85,95)(H4,72,73,76)(H4,74,75,77)/t42-,45+,46-,47-,52+,53+,54-,55-,56+,57+,58+,59+/m1/s1. The lowest BCUT2D eigenvalue weighted by Gasteiger charge is -2.31. The van der Waals surface area contributed by atoms with Gasteiger partial charge in [0.15, 0.2) is 17.7 Å². The molecule has 4 aliphatic heterocycles. The maximum atomic E-state index is 15.7. The molecule has 4 fully saturated rings. The predicted octanol–water partition coefficient (Wildman–Crippen LogP) is 0.461. The number of aliphatic hydroxyl groups excluding tert-OH is 2. The Hall–Kier alpha value is -9.78. The summed E-state index contributed by atoms with van der Waals surface area (Å²) < 4.78 is 0. The lowest BCUT2D eigenvalue weighted by atomic mass is 9.84. The third-order valence-electron chi connectivity index (χ3n) is 18.7. The van der Waals surface area contributed by atoms with Crippen molar-refractivity contribution in [2.75, 3.05) is 42.8 Å². The number of H-pyrrole nitrogens is 2. The van der Waals surface area contributed by atoms with Gasteiger partial charge in [0.05, 0.1) is 24.2 Å². The fraction of sp³-hybridized carbons (Fsp3) is 0.437. The number of ketones is 2. The average molecular weight is 1420 g/mol. The van der Waals surface area contributed by atoms with Crippen LogP contribution in [0.25, 0.3) is 21.8 Å². The first kappa shape index (κ1) is 73.9. The van der Waals surface area contributed by atoms with Gasteiger partial charge in [-0.25, -0.2) is 0 Å². The number of thioether (sulfide) groups is 2. The molecule has 12 atom stereocenters. The van der Waals surface area contributed by atoms with E-state index in [0.29, 0.717) is 33.2 Å². The second-order valence-electron chi connectivity index (χ2n) is 26.2. The number of guanidine groups is 2. The van der Waals surface area contributed by atoms with E-state index in [9.17, 15) is 10.2 Å². The molecule has 0 radical (unpaired) electrons. The number of aliphatic imine (C=N–C) groups is 2. The van der Waals surface area contributed by atoms with Gasteiger partial charge in [0.1, 0.15) is 48.1 Å². The highest BCUT2D eigenvalue weighted by Crippen LogP contribution is 2.31. The van der Waals surface area contributed by atoms with Crippen LogP contribution in [0.2, 0.25) is 0 Å². The Labute approximate surface area is 591 Å². The fourth-order valence-electron chi connectivity index (χ4n) is 13.6. The minimum absolute atomic E-state index is 0.00999. The summed E-state index contributed by atoms with van der Waals surface area (Å²) in [5, 5.41) is 41.7. The summed E-state index contributed by atoms with van der Waals surface area (Å²) in [6.07, 6.45) is -0.845. The van der Waals surface area contributed by atoms with Crippen LogP contribution >= 0.6 is 23.5 Å². The molecule has 536 valence electrons.